The summed E-state index contributed by atoms with van der Waals surface area (Å²) in [4.78, 5) is 2.64. The fourth-order valence-electron chi connectivity index (χ4n) is 3.30. The molecule has 1 aromatic heterocycles. The van der Waals surface area contributed by atoms with Gasteiger partial charge in [-0.15, -0.1) is 0 Å². The number of likely N-dealkylation sites (tertiary alicyclic amines) is 1. The van der Waals surface area contributed by atoms with E-state index in [2.05, 4.69) is 16.2 Å². The number of hydrogen-bond donors (Lipinski definition) is 0. The van der Waals surface area contributed by atoms with Gasteiger partial charge in [-0.3, -0.25) is 9.58 Å². The summed E-state index contributed by atoms with van der Waals surface area (Å²) in [5, 5.41) is 4.29. The average molecular weight is 293 g/mol. The Morgan fingerprint density at radius 1 is 1.29 bits per heavy atom. The van der Waals surface area contributed by atoms with E-state index in [9.17, 15) is 0 Å². The molecule has 118 valence electrons. The van der Waals surface area contributed by atoms with Crippen LogP contribution in [0.4, 0.5) is 0 Å². The first-order chi connectivity index (χ1) is 10.3. The average Bonchev–Trinajstić information content (AvgIpc) is 3.08. The molecule has 0 N–H and O–H groups in total. The molecule has 1 saturated carbocycles. The molecule has 2 heterocycles. The van der Waals surface area contributed by atoms with E-state index in [-0.39, 0.29) is 0 Å². The highest BCUT2D eigenvalue weighted by Crippen LogP contribution is 2.33. The maximum absolute atomic E-state index is 6.07. The van der Waals surface area contributed by atoms with Gasteiger partial charge in [-0.2, -0.15) is 5.10 Å². The molecule has 2 aliphatic rings. The van der Waals surface area contributed by atoms with E-state index in [1.54, 1.807) is 7.11 Å². The van der Waals surface area contributed by atoms with E-state index in [1.807, 2.05) is 17.9 Å². The van der Waals surface area contributed by atoms with Crippen molar-refractivity contribution < 1.29 is 9.47 Å². The van der Waals surface area contributed by atoms with Crippen molar-refractivity contribution in [3.8, 4) is 0 Å². The lowest BCUT2D eigenvalue weighted by Gasteiger charge is -2.28. The summed E-state index contributed by atoms with van der Waals surface area (Å²) in [6.45, 7) is 3.79. The largest absolute Gasteiger partial charge is 0.382 e. The summed E-state index contributed by atoms with van der Waals surface area (Å²) in [5.74, 6) is 0.930. The first kappa shape index (κ1) is 15.0. The standard InChI is InChI=1S/C16H27N3O2/c1-18-11-14(10-17-18)9-15-16(21-8-7-20-2)5-6-19(15)12-13-3-4-13/h10-11,13,15-16H,3-9,12H2,1-2H3/t15-,16-/m0/s1. The maximum atomic E-state index is 6.07. The SMILES string of the molecule is COCCO[C@H]1CCN(CC2CC2)[C@H]1Cc1cnn(C)c1. The summed E-state index contributed by atoms with van der Waals surface area (Å²) in [7, 11) is 3.71. The number of hydrogen-bond acceptors (Lipinski definition) is 4. The van der Waals surface area contributed by atoms with Crippen molar-refractivity contribution in [2.45, 2.75) is 37.8 Å². The fourth-order valence-corrected chi connectivity index (χ4v) is 3.30. The second kappa shape index (κ2) is 6.90. The second-order valence-corrected chi connectivity index (χ2v) is 6.42. The molecule has 0 radical (unpaired) electrons. The number of aryl methyl sites for hydroxylation is 1. The van der Waals surface area contributed by atoms with Crippen molar-refractivity contribution in [1.82, 2.24) is 14.7 Å². The minimum atomic E-state index is 0.333. The summed E-state index contributed by atoms with van der Waals surface area (Å²) in [6.07, 6.45) is 9.44. The molecule has 1 aliphatic carbocycles. The lowest BCUT2D eigenvalue weighted by atomic mass is 10.0. The Kier molecular flexibility index (Phi) is 4.93. The van der Waals surface area contributed by atoms with Gasteiger partial charge in [0, 0.05) is 39.5 Å². The van der Waals surface area contributed by atoms with E-state index < -0.39 is 0 Å². The predicted molar refractivity (Wildman–Crippen MR) is 81.2 cm³/mol. The van der Waals surface area contributed by atoms with Crippen LogP contribution in [-0.4, -0.2) is 60.2 Å². The van der Waals surface area contributed by atoms with Crippen molar-refractivity contribution in [2.24, 2.45) is 13.0 Å². The molecule has 5 nitrogen and oxygen atoms in total. The monoisotopic (exact) mass is 293 g/mol. The third kappa shape index (κ3) is 4.05. The molecule has 0 unspecified atom stereocenters. The van der Waals surface area contributed by atoms with Gasteiger partial charge >= 0.3 is 0 Å². The van der Waals surface area contributed by atoms with Gasteiger partial charge in [0.1, 0.15) is 0 Å². The number of rotatable bonds is 8. The molecule has 0 bridgehead atoms. The molecule has 3 rings (SSSR count). The van der Waals surface area contributed by atoms with Crippen LogP contribution in [0.3, 0.4) is 0 Å². The van der Waals surface area contributed by atoms with Gasteiger partial charge in [-0.1, -0.05) is 0 Å². The van der Waals surface area contributed by atoms with Crippen molar-refractivity contribution >= 4 is 0 Å². The zero-order valence-electron chi connectivity index (χ0n) is 13.2. The third-order valence-electron chi connectivity index (χ3n) is 4.61. The Balaban J connectivity index is 1.61. The molecule has 1 aliphatic heterocycles. The van der Waals surface area contributed by atoms with E-state index in [1.165, 1.54) is 31.5 Å². The van der Waals surface area contributed by atoms with Crippen LogP contribution < -0.4 is 0 Å². The number of nitrogens with zero attached hydrogens (tertiary/aromatic N) is 3. The molecular formula is C16H27N3O2. The normalized spacial score (nSPS) is 26.6. The van der Waals surface area contributed by atoms with Crippen LogP contribution in [0.1, 0.15) is 24.8 Å². The van der Waals surface area contributed by atoms with Gasteiger partial charge in [-0.25, -0.2) is 0 Å². The molecule has 0 aromatic carbocycles. The van der Waals surface area contributed by atoms with Gasteiger partial charge in [0.25, 0.3) is 0 Å². The second-order valence-electron chi connectivity index (χ2n) is 6.42. The molecule has 21 heavy (non-hydrogen) atoms. The molecule has 1 saturated heterocycles. The maximum Gasteiger partial charge on any atom is 0.0746 e. The van der Waals surface area contributed by atoms with Crippen LogP contribution >= 0.6 is 0 Å². The highest BCUT2D eigenvalue weighted by atomic mass is 16.5. The molecule has 1 aromatic rings. The fraction of sp³-hybridized carbons (Fsp3) is 0.812. The van der Waals surface area contributed by atoms with E-state index in [0.717, 1.165) is 18.8 Å². The van der Waals surface area contributed by atoms with Crippen molar-refractivity contribution in [3.63, 3.8) is 0 Å². The van der Waals surface area contributed by atoms with E-state index in [4.69, 9.17) is 9.47 Å². The Morgan fingerprint density at radius 2 is 2.14 bits per heavy atom. The molecule has 0 spiro atoms. The summed E-state index contributed by atoms with van der Waals surface area (Å²) in [6, 6.07) is 0.492. The molecular weight excluding hydrogens is 266 g/mol. The highest BCUT2D eigenvalue weighted by molar-refractivity contribution is 5.09. The van der Waals surface area contributed by atoms with Gasteiger partial charge in [0.2, 0.25) is 0 Å². The predicted octanol–water partition coefficient (Wildman–Crippen LogP) is 1.48. The molecule has 0 amide bonds. The number of ether oxygens (including phenoxy) is 2. The summed E-state index contributed by atoms with van der Waals surface area (Å²) < 4.78 is 13.1. The van der Waals surface area contributed by atoms with Crippen molar-refractivity contribution in [1.29, 1.82) is 0 Å². The van der Waals surface area contributed by atoms with Crippen LogP contribution in [0.25, 0.3) is 0 Å². The minimum absolute atomic E-state index is 0.333. The number of aromatic nitrogens is 2. The Hall–Kier alpha value is -0.910. The summed E-state index contributed by atoms with van der Waals surface area (Å²) >= 11 is 0. The van der Waals surface area contributed by atoms with E-state index in [0.29, 0.717) is 25.4 Å². The van der Waals surface area contributed by atoms with Gasteiger partial charge in [0.15, 0.2) is 0 Å². The van der Waals surface area contributed by atoms with E-state index >= 15 is 0 Å². The first-order valence-electron chi connectivity index (χ1n) is 8.08. The van der Waals surface area contributed by atoms with Crippen LogP contribution in [0.5, 0.6) is 0 Å². The number of methoxy groups -OCH3 is 1. The zero-order valence-corrected chi connectivity index (χ0v) is 13.2. The van der Waals surface area contributed by atoms with Crippen LogP contribution in [-0.2, 0) is 22.9 Å². The molecule has 2 fully saturated rings. The minimum Gasteiger partial charge on any atom is -0.382 e. The Bertz CT molecular complexity index is 444. The van der Waals surface area contributed by atoms with Gasteiger partial charge < -0.3 is 9.47 Å². The Labute approximate surface area is 127 Å². The lowest BCUT2D eigenvalue weighted by Crippen LogP contribution is -2.39. The smallest absolute Gasteiger partial charge is 0.0746 e. The van der Waals surface area contributed by atoms with Crippen LogP contribution in [0.15, 0.2) is 12.4 Å². The third-order valence-corrected chi connectivity index (χ3v) is 4.61. The topological polar surface area (TPSA) is 39.5 Å². The highest BCUT2D eigenvalue weighted by Gasteiger charge is 2.37. The molecule has 2 atom stereocenters. The van der Waals surface area contributed by atoms with Gasteiger partial charge in [0.05, 0.1) is 25.5 Å². The zero-order chi connectivity index (χ0) is 14.7. The van der Waals surface area contributed by atoms with Gasteiger partial charge in [-0.05, 0) is 37.2 Å². The van der Waals surface area contributed by atoms with Crippen LogP contribution in [0.2, 0.25) is 0 Å². The van der Waals surface area contributed by atoms with Crippen molar-refractivity contribution in [3.05, 3.63) is 18.0 Å². The summed E-state index contributed by atoms with van der Waals surface area (Å²) in [5.41, 5.74) is 1.31. The Morgan fingerprint density at radius 3 is 2.81 bits per heavy atom. The first-order valence-corrected chi connectivity index (χ1v) is 8.08. The van der Waals surface area contributed by atoms with Crippen LogP contribution in [0, 0.1) is 5.92 Å². The van der Waals surface area contributed by atoms with Crippen molar-refractivity contribution in [2.75, 3.05) is 33.4 Å². The lowest BCUT2D eigenvalue weighted by molar-refractivity contribution is -0.000864. The quantitative estimate of drug-likeness (QED) is 0.681. The molecule has 5 heteroatoms.